The van der Waals surface area contributed by atoms with Gasteiger partial charge in [-0.05, 0) is 49.7 Å². The number of piperidine rings is 2. The van der Waals surface area contributed by atoms with Gasteiger partial charge in [0, 0.05) is 38.3 Å². The number of hydrogen-bond donors (Lipinski definition) is 2. The highest BCUT2D eigenvalue weighted by Crippen LogP contribution is 2.40. The Bertz CT molecular complexity index is 717. The van der Waals surface area contributed by atoms with E-state index in [0.717, 1.165) is 63.9 Å². The van der Waals surface area contributed by atoms with Crippen molar-refractivity contribution in [3.63, 3.8) is 0 Å². The number of hydrazine groups is 1. The van der Waals surface area contributed by atoms with Crippen LogP contribution in [0.25, 0.3) is 0 Å². The molecule has 4 rings (SSSR count). The van der Waals surface area contributed by atoms with Crippen molar-refractivity contribution >= 4 is 11.8 Å². The molecule has 0 aliphatic carbocycles. The average Bonchev–Trinajstić information content (AvgIpc) is 3.21. The van der Waals surface area contributed by atoms with Gasteiger partial charge in [-0.3, -0.25) is 20.0 Å². The Morgan fingerprint density at radius 3 is 2.79 bits per heavy atom. The normalized spacial score (nSPS) is 26.9. The minimum atomic E-state index is -0.103. The maximum absolute atomic E-state index is 12.9. The summed E-state index contributed by atoms with van der Waals surface area (Å²) in [6, 6.07) is 6.14. The van der Waals surface area contributed by atoms with Crippen LogP contribution in [0.2, 0.25) is 0 Å². The second-order valence-electron chi connectivity index (χ2n) is 8.96. The Kier molecular flexibility index (Phi) is 6.15. The lowest BCUT2D eigenvalue weighted by molar-refractivity contribution is -0.143. The molecule has 0 saturated carbocycles. The number of hydrogen-bond acceptors (Lipinski definition) is 5. The van der Waals surface area contributed by atoms with Gasteiger partial charge < -0.3 is 9.80 Å². The summed E-state index contributed by atoms with van der Waals surface area (Å²) in [5, 5.41) is 0. The predicted molar refractivity (Wildman–Crippen MR) is 111 cm³/mol. The van der Waals surface area contributed by atoms with E-state index in [9.17, 15) is 9.59 Å². The van der Waals surface area contributed by atoms with Crippen LogP contribution in [0.5, 0.6) is 0 Å². The summed E-state index contributed by atoms with van der Waals surface area (Å²) >= 11 is 0. The van der Waals surface area contributed by atoms with Crippen LogP contribution < -0.4 is 10.9 Å². The number of carbonyl (C=O) groups is 2. The highest BCUT2D eigenvalue weighted by molar-refractivity contribution is 5.82. The zero-order valence-corrected chi connectivity index (χ0v) is 17.4. The lowest BCUT2D eigenvalue weighted by atomic mass is 9.72. The van der Waals surface area contributed by atoms with Crippen molar-refractivity contribution in [3.8, 4) is 0 Å². The summed E-state index contributed by atoms with van der Waals surface area (Å²) in [4.78, 5) is 33.8. The molecule has 3 fully saturated rings. The number of nitrogens with one attached hydrogen (secondary N) is 2. The first kappa shape index (κ1) is 20.3. The second-order valence-corrected chi connectivity index (χ2v) is 8.96. The molecule has 2 unspecified atom stereocenters. The second kappa shape index (κ2) is 8.79. The first-order valence-corrected chi connectivity index (χ1v) is 11.1. The molecule has 2 N–H and O–H groups in total. The van der Waals surface area contributed by atoms with Gasteiger partial charge >= 0.3 is 0 Å². The molecule has 2 atom stereocenters. The molecule has 158 valence electrons. The number of nitrogens with zero attached hydrogens (tertiary/aromatic N) is 3. The maximum atomic E-state index is 12.9. The number of likely N-dealkylation sites (tertiary alicyclic amines) is 2. The molecule has 0 aromatic carbocycles. The molecule has 0 radical (unpaired) electrons. The van der Waals surface area contributed by atoms with Gasteiger partial charge in [0.25, 0.3) is 0 Å². The van der Waals surface area contributed by atoms with Gasteiger partial charge in [-0.25, -0.2) is 5.43 Å². The van der Waals surface area contributed by atoms with E-state index in [2.05, 4.69) is 22.8 Å². The van der Waals surface area contributed by atoms with Crippen LogP contribution in [0, 0.1) is 5.41 Å². The number of carbonyl (C=O) groups excluding carboxylic acids is 2. The van der Waals surface area contributed by atoms with Gasteiger partial charge in [0.05, 0.1) is 12.2 Å². The average molecular weight is 400 g/mol. The van der Waals surface area contributed by atoms with Crippen LogP contribution in [0.4, 0.5) is 0 Å². The zero-order valence-electron chi connectivity index (χ0n) is 17.4. The van der Waals surface area contributed by atoms with Crippen molar-refractivity contribution in [1.82, 2.24) is 25.6 Å². The van der Waals surface area contributed by atoms with Crippen LogP contribution in [0.3, 0.4) is 0 Å². The van der Waals surface area contributed by atoms with Gasteiger partial charge in [0.2, 0.25) is 11.8 Å². The van der Waals surface area contributed by atoms with Crippen molar-refractivity contribution < 1.29 is 9.59 Å². The molecule has 4 heterocycles. The first-order valence-electron chi connectivity index (χ1n) is 11.1. The Morgan fingerprint density at radius 1 is 1.24 bits per heavy atom. The summed E-state index contributed by atoms with van der Waals surface area (Å²) in [5.41, 5.74) is 7.55. The molecule has 0 bridgehead atoms. The van der Waals surface area contributed by atoms with Crippen LogP contribution in [-0.2, 0) is 16.1 Å². The van der Waals surface area contributed by atoms with E-state index in [0.29, 0.717) is 19.0 Å². The summed E-state index contributed by atoms with van der Waals surface area (Å²) in [6.07, 6.45) is 8.37. The van der Waals surface area contributed by atoms with Gasteiger partial charge in [-0.15, -0.1) is 0 Å². The van der Waals surface area contributed by atoms with Gasteiger partial charge in [0.1, 0.15) is 6.04 Å². The molecule has 2 amide bonds. The highest BCUT2D eigenvalue weighted by Gasteiger charge is 2.43. The van der Waals surface area contributed by atoms with E-state index >= 15 is 0 Å². The van der Waals surface area contributed by atoms with Crippen LogP contribution >= 0.6 is 0 Å². The van der Waals surface area contributed by atoms with Crippen molar-refractivity contribution in [2.75, 3.05) is 19.6 Å². The summed E-state index contributed by atoms with van der Waals surface area (Å²) < 4.78 is 0. The third kappa shape index (κ3) is 4.61. The summed E-state index contributed by atoms with van der Waals surface area (Å²) in [5.74, 6) is 0.450. The molecule has 3 saturated heterocycles. The molecule has 3 aliphatic rings. The summed E-state index contributed by atoms with van der Waals surface area (Å²) in [6.45, 7) is 5.13. The third-order valence-corrected chi connectivity index (χ3v) is 6.88. The molecular formula is C22H33N5O2. The third-order valence-electron chi connectivity index (χ3n) is 6.88. The highest BCUT2D eigenvalue weighted by atomic mass is 16.2. The van der Waals surface area contributed by atoms with Crippen LogP contribution in [0.15, 0.2) is 24.4 Å². The van der Waals surface area contributed by atoms with E-state index in [4.69, 9.17) is 0 Å². The number of amides is 2. The molecule has 1 spiro atoms. The molecule has 7 heteroatoms. The maximum Gasteiger partial charge on any atom is 0.241 e. The minimum absolute atomic E-state index is 0.103. The van der Waals surface area contributed by atoms with E-state index in [1.165, 1.54) is 0 Å². The first-order chi connectivity index (χ1) is 14.1. The molecule has 1 aromatic heterocycles. The van der Waals surface area contributed by atoms with Crippen molar-refractivity contribution in [1.29, 1.82) is 0 Å². The topological polar surface area (TPSA) is 77.6 Å². The quantitative estimate of drug-likeness (QED) is 0.790. The molecule has 1 aromatic rings. The number of pyridine rings is 1. The standard InChI is InChI=1S/C22H33N5O2/c1-2-5-17-14-19(25-24-17)21(29)26-12-9-22(10-13-26)8-7-20(28)27(16-22)15-18-6-3-4-11-23-18/h3-4,6,11,17,19,24-25H,2,5,7-10,12-16H2,1H3. The smallest absolute Gasteiger partial charge is 0.241 e. The van der Waals surface area contributed by atoms with Crippen LogP contribution in [-0.4, -0.2) is 58.3 Å². The van der Waals surface area contributed by atoms with Gasteiger partial charge in [-0.2, -0.15) is 0 Å². The monoisotopic (exact) mass is 399 g/mol. The fraction of sp³-hybridized carbons (Fsp3) is 0.682. The van der Waals surface area contributed by atoms with E-state index < -0.39 is 0 Å². The Morgan fingerprint density at radius 2 is 2.07 bits per heavy atom. The van der Waals surface area contributed by atoms with Crippen molar-refractivity contribution in [2.24, 2.45) is 5.41 Å². The Balaban J connectivity index is 1.32. The fourth-order valence-electron chi connectivity index (χ4n) is 5.09. The minimum Gasteiger partial charge on any atom is -0.341 e. The lowest BCUT2D eigenvalue weighted by Gasteiger charge is -2.47. The predicted octanol–water partition coefficient (Wildman–Crippen LogP) is 1.85. The van der Waals surface area contributed by atoms with E-state index in [1.807, 2.05) is 28.0 Å². The van der Waals surface area contributed by atoms with Crippen molar-refractivity contribution in [3.05, 3.63) is 30.1 Å². The molecular weight excluding hydrogens is 366 g/mol. The fourth-order valence-corrected chi connectivity index (χ4v) is 5.09. The largest absolute Gasteiger partial charge is 0.341 e. The Labute approximate surface area is 173 Å². The van der Waals surface area contributed by atoms with E-state index in [-0.39, 0.29) is 23.3 Å². The van der Waals surface area contributed by atoms with E-state index in [1.54, 1.807) is 6.20 Å². The van der Waals surface area contributed by atoms with Gasteiger partial charge in [0.15, 0.2) is 0 Å². The molecule has 3 aliphatic heterocycles. The lowest BCUT2D eigenvalue weighted by Crippen LogP contribution is -2.54. The van der Waals surface area contributed by atoms with Crippen molar-refractivity contribution in [2.45, 2.75) is 70.5 Å². The SMILES string of the molecule is CCCC1CC(C(=O)N2CCC3(CCC(=O)N(Cc4ccccn4)C3)CC2)NN1. The molecule has 7 nitrogen and oxygen atoms in total. The molecule has 29 heavy (non-hydrogen) atoms. The zero-order chi connectivity index (χ0) is 20.3. The van der Waals surface area contributed by atoms with Gasteiger partial charge in [-0.1, -0.05) is 19.4 Å². The Hall–Kier alpha value is -1.99. The van der Waals surface area contributed by atoms with Crippen LogP contribution in [0.1, 0.15) is 57.6 Å². The number of rotatable bonds is 5. The number of aromatic nitrogens is 1. The summed E-state index contributed by atoms with van der Waals surface area (Å²) in [7, 11) is 0.